The van der Waals surface area contributed by atoms with E-state index >= 15 is 0 Å². The average Bonchev–Trinajstić information content (AvgIpc) is 2.56. The molecule has 0 saturated carbocycles. The third-order valence-electron chi connectivity index (χ3n) is 3.08. The Hall–Kier alpha value is -1.89. The van der Waals surface area contributed by atoms with Gasteiger partial charge in [0, 0.05) is 9.92 Å². The van der Waals surface area contributed by atoms with E-state index in [4.69, 9.17) is 33.7 Å². The van der Waals surface area contributed by atoms with E-state index in [1.165, 1.54) is 11.8 Å². The number of thioether (sulfide) groups is 1. The number of carbonyl (C=O) groups excluding carboxylic acids is 2. The molecule has 0 heterocycles. The summed E-state index contributed by atoms with van der Waals surface area (Å²) in [5, 5.41) is 3.58. The molecule has 25 heavy (non-hydrogen) atoms. The Morgan fingerprint density at radius 1 is 1.24 bits per heavy atom. The molecule has 5 nitrogen and oxygen atoms in total. The molecule has 3 N–H and O–H groups in total. The number of hydrogen-bond acceptors (Lipinski definition) is 4. The van der Waals surface area contributed by atoms with Crippen LogP contribution in [0.15, 0.2) is 47.4 Å². The maximum absolute atomic E-state index is 12.4. The van der Waals surface area contributed by atoms with Crippen molar-refractivity contribution in [2.24, 2.45) is 5.73 Å². The smallest absolute Gasteiger partial charge is 0.265 e. The summed E-state index contributed by atoms with van der Waals surface area (Å²) in [6.07, 6.45) is -0.784. The van der Waals surface area contributed by atoms with Gasteiger partial charge < -0.3 is 15.8 Å². The van der Waals surface area contributed by atoms with Gasteiger partial charge in [0.15, 0.2) is 6.10 Å². The first kappa shape index (κ1) is 19.4. The second-order valence-electron chi connectivity index (χ2n) is 5.08. The largest absolute Gasteiger partial charge is 0.479 e. The van der Waals surface area contributed by atoms with Crippen LogP contribution in [0.3, 0.4) is 0 Å². The minimum atomic E-state index is -0.784. The lowest BCUT2D eigenvalue weighted by molar-refractivity contribution is -0.122. The number of nitrogens with one attached hydrogen (secondary N) is 1. The number of halogens is 2. The molecule has 2 aromatic carbocycles. The number of hydrogen-bond donors (Lipinski definition) is 2. The summed E-state index contributed by atoms with van der Waals surface area (Å²) in [5.41, 5.74) is 5.74. The number of rotatable bonds is 7. The number of primary amides is 1. The van der Waals surface area contributed by atoms with Crippen LogP contribution >= 0.6 is 35.0 Å². The van der Waals surface area contributed by atoms with Crippen LogP contribution in [0.1, 0.15) is 6.92 Å². The summed E-state index contributed by atoms with van der Waals surface area (Å²) < 4.78 is 5.59. The lowest BCUT2D eigenvalue weighted by atomic mass is 10.3. The van der Waals surface area contributed by atoms with E-state index in [1.807, 2.05) is 6.07 Å². The van der Waals surface area contributed by atoms with Crippen molar-refractivity contribution in [3.05, 3.63) is 52.5 Å². The Kier molecular flexibility index (Phi) is 6.99. The third kappa shape index (κ3) is 5.85. The molecule has 8 heteroatoms. The van der Waals surface area contributed by atoms with Crippen LogP contribution in [0.4, 0.5) is 5.69 Å². The molecule has 1 atom stereocenters. The van der Waals surface area contributed by atoms with Crippen molar-refractivity contribution in [2.45, 2.75) is 17.9 Å². The molecule has 2 aromatic rings. The Morgan fingerprint density at radius 3 is 2.64 bits per heavy atom. The van der Waals surface area contributed by atoms with Crippen molar-refractivity contribution in [3.63, 3.8) is 0 Å². The summed E-state index contributed by atoms with van der Waals surface area (Å²) >= 11 is 13.1. The highest BCUT2D eigenvalue weighted by molar-refractivity contribution is 8.00. The highest BCUT2D eigenvalue weighted by atomic mass is 35.5. The van der Waals surface area contributed by atoms with Crippen LogP contribution in [-0.2, 0) is 9.59 Å². The standard InChI is InChI=1S/C17H16Cl2N2O3S/c1-10(24-14-7-6-11(18)8-12(14)19)17(23)21-13-4-2-3-5-15(13)25-9-16(20)22/h2-8,10H,9H2,1H3,(H2,20,22)(H,21,23). The molecular weight excluding hydrogens is 383 g/mol. The molecule has 0 spiro atoms. The molecule has 0 radical (unpaired) electrons. The third-order valence-corrected chi connectivity index (χ3v) is 4.71. The van der Waals surface area contributed by atoms with Crippen LogP contribution in [0, 0.1) is 0 Å². The normalized spacial score (nSPS) is 11.6. The number of ether oxygens (including phenoxy) is 1. The Balaban J connectivity index is 2.05. The Labute approximate surface area is 159 Å². The first-order chi connectivity index (χ1) is 11.9. The lowest BCUT2D eigenvalue weighted by Gasteiger charge is -2.17. The van der Waals surface area contributed by atoms with E-state index < -0.39 is 12.0 Å². The first-order valence-electron chi connectivity index (χ1n) is 7.29. The summed E-state index contributed by atoms with van der Waals surface area (Å²) in [7, 11) is 0. The Morgan fingerprint density at radius 2 is 1.96 bits per heavy atom. The number of nitrogens with two attached hydrogens (primary N) is 1. The lowest BCUT2D eigenvalue weighted by Crippen LogP contribution is -2.30. The van der Waals surface area contributed by atoms with Gasteiger partial charge in [-0.2, -0.15) is 0 Å². The number of benzene rings is 2. The van der Waals surface area contributed by atoms with Crippen LogP contribution < -0.4 is 15.8 Å². The van der Waals surface area contributed by atoms with Gasteiger partial charge in [0.25, 0.3) is 5.91 Å². The van der Waals surface area contributed by atoms with Crippen LogP contribution in [0.2, 0.25) is 10.0 Å². The van der Waals surface area contributed by atoms with Gasteiger partial charge in [-0.3, -0.25) is 9.59 Å². The van der Waals surface area contributed by atoms with Crippen molar-refractivity contribution < 1.29 is 14.3 Å². The fourth-order valence-electron chi connectivity index (χ4n) is 1.89. The highest BCUT2D eigenvalue weighted by Crippen LogP contribution is 2.29. The van der Waals surface area contributed by atoms with Gasteiger partial charge in [-0.1, -0.05) is 35.3 Å². The maximum Gasteiger partial charge on any atom is 0.265 e. The summed E-state index contributed by atoms with van der Waals surface area (Å²) in [6.45, 7) is 1.61. The molecule has 132 valence electrons. The van der Waals surface area contributed by atoms with Crippen molar-refractivity contribution in [1.29, 1.82) is 0 Å². The average molecular weight is 399 g/mol. The molecule has 0 aliphatic carbocycles. The quantitative estimate of drug-likeness (QED) is 0.691. The molecular formula is C17H16Cl2N2O3S. The molecule has 0 saturated heterocycles. The topological polar surface area (TPSA) is 81.4 Å². The van der Waals surface area contributed by atoms with Gasteiger partial charge in [-0.05, 0) is 37.3 Å². The van der Waals surface area contributed by atoms with E-state index in [1.54, 1.807) is 43.3 Å². The van der Waals surface area contributed by atoms with Gasteiger partial charge in [-0.25, -0.2) is 0 Å². The molecule has 0 bridgehead atoms. The maximum atomic E-state index is 12.4. The van der Waals surface area contributed by atoms with Crippen molar-refractivity contribution >= 4 is 52.5 Å². The SMILES string of the molecule is CC(Oc1ccc(Cl)cc1Cl)C(=O)Nc1ccccc1SCC(N)=O. The second-order valence-corrected chi connectivity index (χ2v) is 6.94. The van der Waals surface area contributed by atoms with Crippen LogP contribution in [0.5, 0.6) is 5.75 Å². The highest BCUT2D eigenvalue weighted by Gasteiger charge is 2.18. The predicted octanol–water partition coefficient (Wildman–Crippen LogP) is 3.98. The number of para-hydroxylation sites is 1. The van der Waals surface area contributed by atoms with Gasteiger partial charge >= 0.3 is 0 Å². The molecule has 0 aromatic heterocycles. The van der Waals surface area contributed by atoms with Crippen LogP contribution in [0.25, 0.3) is 0 Å². The number of carbonyl (C=O) groups is 2. The van der Waals surface area contributed by atoms with E-state index in [-0.39, 0.29) is 11.7 Å². The van der Waals surface area contributed by atoms with Crippen molar-refractivity contribution in [3.8, 4) is 5.75 Å². The molecule has 2 amide bonds. The van der Waals surface area contributed by atoms with E-state index in [0.717, 1.165) is 4.90 Å². The zero-order valence-electron chi connectivity index (χ0n) is 13.3. The molecule has 0 fully saturated rings. The molecule has 0 aliphatic heterocycles. The first-order valence-corrected chi connectivity index (χ1v) is 9.03. The molecule has 2 rings (SSSR count). The second kappa shape index (κ2) is 8.99. The zero-order valence-corrected chi connectivity index (χ0v) is 15.6. The van der Waals surface area contributed by atoms with Crippen molar-refractivity contribution in [2.75, 3.05) is 11.1 Å². The van der Waals surface area contributed by atoms with E-state index in [0.29, 0.717) is 21.5 Å². The molecule has 1 unspecified atom stereocenters. The van der Waals surface area contributed by atoms with Gasteiger partial charge in [-0.15, -0.1) is 11.8 Å². The summed E-state index contributed by atoms with van der Waals surface area (Å²) in [4.78, 5) is 24.1. The minimum absolute atomic E-state index is 0.124. The zero-order chi connectivity index (χ0) is 18.4. The van der Waals surface area contributed by atoms with Gasteiger partial charge in [0.2, 0.25) is 5.91 Å². The fourth-order valence-corrected chi connectivity index (χ4v) is 3.09. The van der Waals surface area contributed by atoms with Gasteiger partial charge in [0.05, 0.1) is 16.5 Å². The number of anilines is 1. The Bertz CT molecular complexity index is 786. The summed E-state index contributed by atoms with van der Waals surface area (Å²) in [5.74, 6) is -0.289. The minimum Gasteiger partial charge on any atom is -0.479 e. The number of amides is 2. The van der Waals surface area contributed by atoms with Crippen molar-refractivity contribution in [1.82, 2.24) is 0 Å². The van der Waals surface area contributed by atoms with E-state index in [9.17, 15) is 9.59 Å². The predicted molar refractivity (Wildman–Crippen MR) is 102 cm³/mol. The fraction of sp³-hybridized carbons (Fsp3) is 0.176. The monoisotopic (exact) mass is 398 g/mol. The molecule has 0 aliphatic rings. The van der Waals surface area contributed by atoms with Crippen LogP contribution in [-0.4, -0.2) is 23.7 Å². The van der Waals surface area contributed by atoms with E-state index in [2.05, 4.69) is 5.32 Å². The van der Waals surface area contributed by atoms with Gasteiger partial charge in [0.1, 0.15) is 5.75 Å². The summed E-state index contributed by atoms with van der Waals surface area (Å²) in [6, 6.07) is 11.9.